The summed E-state index contributed by atoms with van der Waals surface area (Å²) in [4.78, 5) is 32.3. The van der Waals surface area contributed by atoms with E-state index in [9.17, 15) is 9.59 Å². The Balaban J connectivity index is 1.98. The third-order valence-corrected chi connectivity index (χ3v) is 5.93. The summed E-state index contributed by atoms with van der Waals surface area (Å²) in [5.74, 6) is 0.637. The van der Waals surface area contributed by atoms with Crippen molar-refractivity contribution in [3.05, 3.63) is 52.2 Å². The van der Waals surface area contributed by atoms with Gasteiger partial charge in [-0.25, -0.2) is 9.79 Å². The summed E-state index contributed by atoms with van der Waals surface area (Å²) in [5.41, 5.74) is 2.79. The van der Waals surface area contributed by atoms with Crippen molar-refractivity contribution in [1.82, 2.24) is 10.2 Å². The summed E-state index contributed by atoms with van der Waals surface area (Å²) in [5, 5.41) is 5.65. The molecule has 0 fully saturated rings. The van der Waals surface area contributed by atoms with Gasteiger partial charge >= 0.3 is 5.97 Å². The number of esters is 1. The van der Waals surface area contributed by atoms with Gasteiger partial charge in [-0.3, -0.25) is 4.79 Å². The van der Waals surface area contributed by atoms with Gasteiger partial charge in [0.05, 0.1) is 36.9 Å². The molecule has 1 unspecified atom stereocenters. The molecule has 1 aromatic rings. The summed E-state index contributed by atoms with van der Waals surface area (Å²) in [6, 6.07) is 7.15. The zero-order valence-corrected chi connectivity index (χ0v) is 20.3. The number of ether oxygens (including phenoxy) is 2. The number of amides is 1. The summed E-state index contributed by atoms with van der Waals surface area (Å²) in [6.07, 6.45) is -0.0498. The van der Waals surface area contributed by atoms with Gasteiger partial charge in [0.25, 0.3) is 0 Å². The monoisotopic (exact) mass is 457 g/mol. The van der Waals surface area contributed by atoms with Gasteiger partial charge in [-0.1, -0.05) is 37.7 Å². The number of hydrogen-bond acceptors (Lipinski definition) is 7. The predicted molar refractivity (Wildman–Crippen MR) is 127 cm³/mol. The Labute approximate surface area is 193 Å². The van der Waals surface area contributed by atoms with Crippen LogP contribution in [0.2, 0.25) is 0 Å². The molecule has 1 N–H and O–H groups in total. The van der Waals surface area contributed by atoms with Crippen LogP contribution in [0.1, 0.15) is 52.6 Å². The number of amidine groups is 1. The maximum Gasteiger partial charge on any atom is 0.338 e. The van der Waals surface area contributed by atoms with Crippen LogP contribution in [0, 0.1) is 5.92 Å². The lowest BCUT2D eigenvalue weighted by Crippen LogP contribution is -2.38. The molecule has 0 aromatic heterocycles. The van der Waals surface area contributed by atoms with Crippen LogP contribution in [0.25, 0.3) is 0 Å². The van der Waals surface area contributed by atoms with Crippen LogP contribution >= 0.6 is 11.8 Å². The van der Waals surface area contributed by atoms with Crippen LogP contribution in [0.3, 0.4) is 0 Å². The molecule has 32 heavy (non-hydrogen) atoms. The van der Waals surface area contributed by atoms with Gasteiger partial charge in [-0.05, 0) is 49.8 Å². The van der Waals surface area contributed by atoms with E-state index in [1.807, 2.05) is 55.3 Å². The Bertz CT molecular complexity index is 964. The average molecular weight is 458 g/mol. The summed E-state index contributed by atoms with van der Waals surface area (Å²) in [7, 11) is 1.61. The third-order valence-electron chi connectivity index (χ3n) is 5.04. The molecule has 3 rings (SSSR count). The minimum absolute atomic E-state index is 0.0575. The lowest BCUT2D eigenvalue weighted by molar-refractivity contribution is -0.143. The normalized spacial score (nSPS) is 17.9. The minimum atomic E-state index is -0.446. The van der Waals surface area contributed by atoms with E-state index < -0.39 is 12.0 Å². The largest absolute Gasteiger partial charge is 0.497 e. The molecule has 2 aliphatic rings. The number of benzene rings is 1. The Morgan fingerprint density at radius 2 is 1.88 bits per heavy atom. The first-order valence-electron chi connectivity index (χ1n) is 10.8. The maximum absolute atomic E-state index is 13.1. The first kappa shape index (κ1) is 23.9. The topological polar surface area (TPSA) is 80.2 Å². The summed E-state index contributed by atoms with van der Waals surface area (Å²) >= 11 is 1.46. The molecule has 0 radical (unpaired) electrons. The molecule has 2 aliphatic heterocycles. The molecule has 0 saturated heterocycles. The van der Waals surface area contributed by atoms with Crippen LogP contribution in [0.5, 0.6) is 5.75 Å². The number of allylic oxidation sites excluding steroid dienone is 1. The fourth-order valence-electron chi connectivity index (χ4n) is 3.55. The highest BCUT2D eigenvalue weighted by atomic mass is 32.2. The lowest BCUT2D eigenvalue weighted by atomic mass is 9.93. The van der Waals surface area contributed by atoms with Crippen LogP contribution in [0.15, 0.2) is 51.6 Å². The van der Waals surface area contributed by atoms with Crippen LogP contribution in [-0.2, 0) is 14.3 Å². The van der Waals surface area contributed by atoms with E-state index in [0.717, 1.165) is 22.2 Å². The molecule has 7 nitrogen and oxygen atoms in total. The van der Waals surface area contributed by atoms with E-state index in [4.69, 9.17) is 9.47 Å². The zero-order valence-electron chi connectivity index (χ0n) is 19.5. The number of carbonyl (C=O) groups is 2. The number of hydrogen-bond donors (Lipinski definition) is 1. The van der Waals surface area contributed by atoms with Gasteiger partial charge < -0.3 is 19.7 Å². The van der Waals surface area contributed by atoms with Gasteiger partial charge in [-0.15, -0.1) is 0 Å². The highest BCUT2D eigenvalue weighted by Gasteiger charge is 2.41. The SMILES string of the molecule is COc1ccc(C2C(C(=O)OC(C)C)=C(C)N=C3SC=C(CC(=O)NCC(C)C)N32)cc1. The smallest absolute Gasteiger partial charge is 0.338 e. The van der Waals surface area contributed by atoms with Crippen molar-refractivity contribution in [2.75, 3.05) is 13.7 Å². The van der Waals surface area contributed by atoms with Gasteiger partial charge in [0.15, 0.2) is 5.17 Å². The molecule has 0 bridgehead atoms. The van der Waals surface area contributed by atoms with E-state index >= 15 is 0 Å². The molecular weight excluding hydrogens is 426 g/mol. The molecule has 0 spiro atoms. The van der Waals surface area contributed by atoms with Crippen LogP contribution in [-0.4, -0.2) is 41.7 Å². The van der Waals surface area contributed by atoms with Gasteiger partial charge in [0.1, 0.15) is 5.75 Å². The Morgan fingerprint density at radius 1 is 1.19 bits per heavy atom. The predicted octanol–water partition coefficient (Wildman–Crippen LogP) is 4.38. The molecule has 8 heteroatoms. The fourth-order valence-corrected chi connectivity index (χ4v) is 4.52. The first-order valence-corrected chi connectivity index (χ1v) is 11.6. The van der Waals surface area contributed by atoms with E-state index in [2.05, 4.69) is 24.2 Å². The number of thioether (sulfide) groups is 1. The summed E-state index contributed by atoms with van der Waals surface area (Å²) in [6.45, 7) is 10.2. The minimum Gasteiger partial charge on any atom is -0.497 e. The summed E-state index contributed by atoms with van der Waals surface area (Å²) < 4.78 is 10.9. The number of carbonyl (C=O) groups excluding carboxylic acids is 2. The van der Waals surface area contributed by atoms with Crippen molar-refractivity contribution in [3.8, 4) is 5.75 Å². The van der Waals surface area contributed by atoms with Crippen molar-refractivity contribution < 1.29 is 19.1 Å². The number of fused-ring (bicyclic) bond motifs is 1. The number of nitrogens with one attached hydrogen (secondary N) is 1. The molecule has 1 aromatic carbocycles. The zero-order chi connectivity index (χ0) is 23.4. The highest BCUT2D eigenvalue weighted by Crippen LogP contribution is 2.45. The number of rotatable bonds is 8. The quantitative estimate of drug-likeness (QED) is 0.584. The maximum atomic E-state index is 13.1. The lowest BCUT2D eigenvalue weighted by Gasteiger charge is -2.36. The van der Waals surface area contributed by atoms with Gasteiger partial charge in [0.2, 0.25) is 5.91 Å². The second-order valence-electron chi connectivity index (χ2n) is 8.49. The molecule has 172 valence electrons. The first-order chi connectivity index (χ1) is 15.2. The van der Waals surface area contributed by atoms with Crippen LogP contribution in [0.4, 0.5) is 0 Å². The highest BCUT2D eigenvalue weighted by molar-refractivity contribution is 8.16. The molecule has 1 atom stereocenters. The molecule has 1 amide bonds. The molecular formula is C24H31N3O4S. The standard InChI is InChI=1S/C24H31N3O4S/c1-14(2)12-25-20(28)11-18-13-32-24-26-16(5)21(23(29)31-15(3)4)22(27(18)24)17-7-9-19(30-6)10-8-17/h7-10,13-15,22H,11-12H2,1-6H3,(H,25,28). The van der Waals surface area contributed by atoms with Crippen molar-refractivity contribution in [3.63, 3.8) is 0 Å². The Morgan fingerprint density at radius 3 is 2.47 bits per heavy atom. The molecule has 0 aliphatic carbocycles. The fraction of sp³-hybridized carbons (Fsp3) is 0.458. The third kappa shape index (κ3) is 5.35. The number of methoxy groups -OCH3 is 1. The Kier molecular flexibility index (Phi) is 7.66. The van der Waals surface area contributed by atoms with Crippen molar-refractivity contribution in [2.45, 2.75) is 53.2 Å². The second kappa shape index (κ2) is 10.3. The molecule has 2 heterocycles. The Hall–Kier alpha value is -2.74. The van der Waals surface area contributed by atoms with Crippen molar-refractivity contribution in [2.24, 2.45) is 10.9 Å². The average Bonchev–Trinajstić information content (AvgIpc) is 3.12. The van der Waals surface area contributed by atoms with Crippen molar-refractivity contribution >= 4 is 28.8 Å². The van der Waals surface area contributed by atoms with Gasteiger partial charge in [0, 0.05) is 12.2 Å². The second-order valence-corrected chi connectivity index (χ2v) is 9.33. The number of nitrogens with zero attached hydrogens (tertiary/aromatic N) is 2. The van der Waals surface area contributed by atoms with Gasteiger partial charge in [-0.2, -0.15) is 0 Å². The van der Waals surface area contributed by atoms with E-state index in [-0.39, 0.29) is 18.4 Å². The van der Waals surface area contributed by atoms with E-state index in [1.165, 1.54) is 11.8 Å². The van der Waals surface area contributed by atoms with E-state index in [0.29, 0.717) is 23.7 Å². The van der Waals surface area contributed by atoms with Crippen molar-refractivity contribution in [1.29, 1.82) is 0 Å². The molecule has 0 saturated carbocycles. The van der Waals surface area contributed by atoms with E-state index in [1.54, 1.807) is 7.11 Å². The number of aliphatic imine (C=N–C) groups is 1. The van der Waals surface area contributed by atoms with Crippen LogP contribution < -0.4 is 10.1 Å².